The molecule has 3 aromatic rings. The van der Waals surface area contributed by atoms with Gasteiger partial charge in [-0.25, -0.2) is 9.67 Å². The van der Waals surface area contributed by atoms with Gasteiger partial charge in [0, 0.05) is 6.07 Å². The molecule has 144 valence electrons. The summed E-state index contributed by atoms with van der Waals surface area (Å²) in [6, 6.07) is 4.87. The zero-order valence-electron chi connectivity index (χ0n) is 13.4. The first-order valence-electron chi connectivity index (χ1n) is 7.34. The lowest BCUT2D eigenvalue weighted by Crippen LogP contribution is -2.17. The fraction of sp³-hybridized carbons (Fsp3) is 0.267. The van der Waals surface area contributed by atoms with Crippen LogP contribution in [0.2, 0.25) is 0 Å². The molecular weight excluding hydrogens is 398 g/mol. The van der Waals surface area contributed by atoms with E-state index >= 15 is 0 Å². The molecule has 1 N–H and O–H groups in total. The first-order chi connectivity index (χ1) is 12.4. The summed E-state index contributed by atoms with van der Waals surface area (Å²) in [5, 5.41) is 4.46. The maximum atomic E-state index is 12.7. The molecule has 2 aromatic heterocycles. The van der Waals surface area contributed by atoms with E-state index in [1.807, 2.05) is 0 Å². The Hall–Kier alpha value is -2.63. The van der Waals surface area contributed by atoms with Gasteiger partial charge in [-0.15, -0.1) is 13.2 Å². The van der Waals surface area contributed by atoms with Gasteiger partial charge in [0.2, 0.25) is 0 Å². The third kappa shape index (κ3) is 4.38. The summed E-state index contributed by atoms with van der Waals surface area (Å²) in [4.78, 5) is 6.25. The van der Waals surface area contributed by atoms with E-state index in [1.165, 1.54) is 12.1 Å². The Morgan fingerprint density at radius 2 is 1.89 bits per heavy atom. The molecule has 27 heavy (non-hydrogen) atoms. The number of fused-ring (bicyclic) bond motifs is 1. The molecule has 0 atom stereocenters. The van der Waals surface area contributed by atoms with Crippen molar-refractivity contribution in [3.63, 3.8) is 0 Å². The number of nitrogens with zero attached hydrogens (tertiary/aromatic N) is 3. The van der Waals surface area contributed by atoms with Crippen LogP contribution in [-0.4, -0.2) is 32.3 Å². The van der Waals surface area contributed by atoms with Gasteiger partial charge in [0.25, 0.3) is 0 Å². The molecular formula is C15H10F6N4OS. The predicted molar refractivity (Wildman–Crippen MR) is 85.2 cm³/mol. The van der Waals surface area contributed by atoms with E-state index in [4.69, 9.17) is 12.2 Å². The first-order valence-corrected chi connectivity index (χ1v) is 7.75. The molecule has 0 fully saturated rings. The normalized spacial score (nSPS) is 12.6. The van der Waals surface area contributed by atoms with Crippen molar-refractivity contribution in [1.82, 2.24) is 19.7 Å². The molecule has 0 amide bonds. The number of halogens is 6. The first kappa shape index (κ1) is 19.1. The Labute approximate surface area is 152 Å². The summed E-state index contributed by atoms with van der Waals surface area (Å²) in [5.41, 5.74) is 0.597. The molecule has 0 spiro atoms. The molecule has 0 bridgehead atoms. The summed E-state index contributed by atoms with van der Waals surface area (Å²) in [6.45, 7) is 1.56. The minimum absolute atomic E-state index is 0.0885. The molecule has 0 radical (unpaired) electrons. The highest BCUT2D eigenvalue weighted by molar-refractivity contribution is 7.71. The molecule has 0 saturated heterocycles. The Morgan fingerprint density at radius 3 is 2.52 bits per heavy atom. The number of aromatic nitrogens is 4. The zero-order chi connectivity index (χ0) is 20.0. The third-order valence-electron chi connectivity index (χ3n) is 3.44. The van der Waals surface area contributed by atoms with E-state index in [2.05, 4.69) is 19.8 Å². The van der Waals surface area contributed by atoms with E-state index < -0.39 is 30.5 Å². The van der Waals surface area contributed by atoms with Gasteiger partial charge in [-0.3, -0.25) is 0 Å². The Balaban J connectivity index is 2.15. The van der Waals surface area contributed by atoms with Crippen LogP contribution in [0.1, 0.15) is 11.5 Å². The van der Waals surface area contributed by atoms with Crippen LogP contribution in [0, 0.1) is 11.6 Å². The number of hydrogen-bond acceptors (Lipinski definition) is 4. The number of hydrogen-bond donors (Lipinski definition) is 1. The molecule has 1 aromatic carbocycles. The van der Waals surface area contributed by atoms with Crippen LogP contribution in [0.4, 0.5) is 26.3 Å². The second-order valence-corrected chi connectivity index (χ2v) is 5.93. The van der Waals surface area contributed by atoms with Crippen molar-refractivity contribution < 1.29 is 31.1 Å². The zero-order valence-corrected chi connectivity index (χ0v) is 14.3. The average Bonchev–Trinajstić information content (AvgIpc) is 2.81. The van der Waals surface area contributed by atoms with Crippen molar-refractivity contribution >= 4 is 23.3 Å². The number of nitrogens with one attached hydrogen (secondary N) is 1. The summed E-state index contributed by atoms with van der Waals surface area (Å²) < 4.78 is 80.2. The second kappa shape index (κ2) is 6.51. The minimum atomic E-state index is -4.88. The van der Waals surface area contributed by atoms with Crippen LogP contribution in [0.5, 0.6) is 5.75 Å². The van der Waals surface area contributed by atoms with Crippen LogP contribution < -0.4 is 4.74 Å². The fourth-order valence-electron chi connectivity index (χ4n) is 2.51. The Bertz CT molecular complexity index is 1050. The maximum Gasteiger partial charge on any atom is 0.573 e. The van der Waals surface area contributed by atoms with Crippen LogP contribution >= 0.6 is 12.2 Å². The number of alkyl halides is 6. The van der Waals surface area contributed by atoms with Crippen molar-refractivity contribution in [3.8, 4) is 11.4 Å². The lowest BCUT2D eigenvalue weighted by atomic mass is 10.3. The van der Waals surface area contributed by atoms with Crippen LogP contribution in [0.15, 0.2) is 24.3 Å². The van der Waals surface area contributed by atoms with Gasteiger partial charge >= 0.3 is 12.5 Å². The van der Waals surface area contributed by atoms with Gasteiger partial charge in [0.05, 0.1) is 16.8 Å². The van der Waals surface area contributed by atoms with E-state index in [0.29, 0.717) is 11.1 Å². The number of benzene rings is 1. The van der Waals surface area contributed by atoms with Crippen molar-refractivity contribution in [3.05, 3.63) is 40.4 Å². The molecule has 12 heteroatoms. The average molecular weight is 408 g/mol. The molecule has 0 aliphatic heterocycles. The smallest absolute Gasteiger partial charge is 0.406 e. The predicted octanol–water partition coefficient (Wildman–Crippen LogP) is 4.79. The highest BCUT2D eigenvalue weighted by Crippen LogP contribution is 2.27. The SMILES string of the molecule is Cc1nn(-c2cccc(OC(F)(F)F)c2)c2[nH]c(CC(F)(F)F)nc(=S)c12. The van der Waals surface area contributed by atoms with Gasteiger partial charge in [-0.05, 0) is 19.1 Å². The van der Waals surface area contributed by atoms with Crippen molar-refractivity contribution in [2.75, 3.05) is 0 Å². The monoisotopic (exact) mass is 408 g/mol. The maximum absolute atomic E-state index is 12.7. The molecule has 0 aliphatic carbocycles. The van der Waals surface area contributed by atoms with Crippen molar-refractivity contribution in [1.29, 1.82) is 0 Å². The Morgan fingerprint density at radius 1 is 1.19 bits per heavy atom. The standard InChI is InChI=1S/C15H10F6N4OS/c1-7-11-12(22-10(23-13(11)27)6-14(16,17)18)25(24-7)8-3-2-4-9(5-8)26-15(19,20)21/h2-5H,6H2,1H3,(H,22,23,27). The van der Waals surface area contributed by atoms with Crippen LogP contribution in [-0.2, 0) is 6.42 Å². The van der Waals surface area contributed by atoms with Gasteiger partial charge < -0.3 is 9.72 Å². The lowest BCUT2D eigenvalue weighted by molar-refractivity contribution is -0.274. The molecule has 5 nitrogen and oxygen atoms in total. The summed E-state index contributed by atoms with van der Waals surface area (Å²) in [6.07, 6.45) is -10.7. The highest BCUT2D eigenvalue weighted by atomic mass is 32.1. The number of rotatable bonds is 3. The molecule has 3 rings (SSSR count). The second-order valence-electron chi connectivity index (χ2n) is 5.55. The van der Waals surface area contributed by atoms with Crippen molar-refractivity contribution in [2.45, 2.75) is 25.9 Å². The number of aryl methyl sites for hydroxylation is 1. The van der Waals surface area contributed by atoms with E-state index in [9.17, 15) is 26.3 Å². The number of ether oxygens (including phenoxy) is 1. The van der Waals surface area contributed by atoms with Gasteiger partial charge in [0.1, 0.15) is 28.3 Å². The molecule has 0 unspecified atom stereocenters. The summed E-state index contributed by atoms with van der Waals surface area (Å²) in [7, 11) is 0. The largest absolute Gasteiger partial charge is 0.573 e. The van der Waals surface area contributed by atoms with Gasteiger partial charge in [-0.2, -0.15) is 18.3 Å². The quantitative estimate of drug-likeness (QED) is 0.500. The van der Waals surface area contributed by atoms with Crippen molar-refractivity contribution in [2.24, 2.45) is 0 Å². The molecule has 0 saturated carbocycles. The summed E-state index contributed by atoms with van der Waals surface area (Å²) in [5.74, 6) is -0.923. The van der Waals surface area contributed by atoms with Gasteiger partial charge in [-0.1, -0.05) is 18.3 Å². The molecule has 2 heterocycles. The molecule has 0 aliphatic rings. The van der Waals surface area contributed by atoms with Crippen LogP contribution in [0.25, 0.3) is 16.7 Å². The van der Waals surface area contributed by atoms with E-state index in [-0.39, 0.29) is 16.0 Å². The minimum Gasteiger partial charge on any atom is -0.406 e. The number of H-pyrrole nitrogens is 1. The highest BCUT2D eigenvalue weighted by Gasteiger charge is 2.31. The third-order valence-corrected chi connectivity index (χ3v) is 3.73. The van der Waals surface area contributed by atoms with E-state index in [0.717, 1.165) is 16.8 Å². The van der Waals surface area contributed by atoms with Crippen LogP contribution in [0.3, 0.4) is 0 Å². The summed E-state index contributed by atoms with van der Waals surface area (Å²) >= 11 is 5.05. The van der Waals surface area contributed by atoms with Gasteiger partial charge in [0.15, 0.2) is 0 Å². The topological polar surface area (TPSA) is 55.7 Å². The van der Waals surface area contributed by atoms with E-state index in [1.54, 1.807) is 6.92 Å². The fourth-order valence-corrected chi connectivity index (χ4v) is 2.87. The lowest BCUT2D eigenvalue weighted by Gasteiger charge is -2.11. The number of aromatic amines is 1. The Kier molecular flexibility index (Phi) is 4.62.